The van der Waals surface area contributed by atoms with Crippen LogP contribution < -0.4 is 5.32 Å². The number of rotatable bonds is 0. The molecule has 2 heteroatoms. The molecule has 0 unspecified atom stereocenters. The summed E-state index contributed by atoms with van der Waals surface area (Å²) in [6.07, 6.45) is 2.24. The smallest absolute Gasteiger partial charge is 0.0995 e. The fraction of sp³-hybridized carbons (Fsp3) is 0.417. The molecule has 0 aliphatic carbocycles. The van der Waals surface area contributed by atoms with Gasteiger partial charge in [0.25, 0.3) is 0 Å². The first-order valence-electron chi connectivity index (χ1n) is 5.09. The van der Waals surface area contributed by atoms with E-state index in [1.807, 2.05) is 18.2 Å². The first-order valence-corrected chi connectivity index (χ1v) is 5.09. The molecule has 1 aliphatic heterocycles. The molecule has 1 aliphatic rings. The highest BCUT2D eigenvalue weighted by atomic mass is 14.9. The maximum Gasteiger partial charge on any atom is 0.0995 e. The molecule has 1 N–H and O–H groups in total. The maximum absolute atomic E-state index is 8.72. The number of nitrogens with one attached hydrogen (secondary N) is 1. The van der Waals surface area contributed by atoms with Crippen LogP contribution in [-0.4, -0.2) is 6.54 Å². The largest absolute Gasteiger partial charge is 0.384 e. The number of hydrogen-bond donors (Lipinski definition) is 1. The number of hydrogen-bond acceptors (Lipinski definition) is 2. The van der Waals surface area contributed by atoms with E-state index in [1.54, 1.807) is 0 Å². The van der Waals surface area contributed by atoms with E-state index in [1.165, 1.54) is 12.0 Å². The second-order valence-electron chi connectivity index (χ2n) is 3.33. The van der Waals surface area contributed by atoms with Crippen molar-refractivity contribution in [1.29, 1.82) is 5.26 Å². The summed E-state index contributed by atoms with van der Waals surface area (Å²) in [7, 11) is 0. The lowest BCUT2D eigenvalue weighted by atomic mass is 10.1. The quantitative estimate of drug-likeness (QED) is 0.679. The van der Waals surface area contributed by atoms with Crippen LogP contribution in [0.4, 0.5) is 5.69 Å². The molecular formula is C12H16N2. The van der Waals surface area contributed by atoms with Crippen molar-refractivity contribution >= 4 is 5.69 Å². The fourth-order valence-corrected chi connectivity index (χ4v) is 1.45. The Hall–Kier alpha value is -1.49. The average molecular weight is 188 g/mol. The van der Waals surface area contributed by atoms with Crippen molar-refractivity contribution in [1.82, 2.24) is 0 Å². The molecule has 0 amide bonds. The molecule has 0 radical (unpaired) electrons. The van der Waals surface area contributed by atoms with E-state index in [4.69, 9.17) is 5.26 Å². The van der Waals surface area contributed by atoms with Gasteiger partial charge in [0.15, 0.2) is 0 Å². The number of fused-ring (bicyclic) bond motifs is 1. The number of benzene rings is 1. The Balaban J connectivity index is 0.000000293. The molecule has 0 saturated heterocycles. The van der Waals surface area contributed by atoms with Crippen molar-refractivity contribution in [2.45, 2.75) is 26.7 Å². The topological polar surface area (TPSA) is 35.8 Å². The fourth-order valence-electron chi connectivity index (χ4n) is 1.45. The molecule has 0 aromatic heterocycles. The van der Waals surface area contributed by atoms with E-state index in [9.17, 15) is 0 Å². The summed E-state index contributed by atoms with van der Waals surface area (Å²) in [5.41, 5.74) is 3.12. The van der Waals surface area contributed by atoms with Crippen LogP contribution in [0.25, 0.3) is 0 Å². The Morgan fingerprint density at radius 2 is 2.14 bits per heavy atom. The predicted octanol–water partition coefficient (Wildman–Crippen LogP) is 2.94. The molecule has 0 saturated carbocycles. The summed E-state index contributed by atoms with van der Waals surface area (Å²) in [5, 5.41) is 11.9. The first kappa shape index (κ1) is 10.6. The van der Waals surface area contributed by atoms with Gasteiger partial charge in [-0.25, -0.2) is 0 Å². The van der Waals surface area contributed by atoms with Gasteiger partial charge in [0.1, 0.15) is 0 Å². The molecule has 1 aromatic rings. The van der Waals surface area contributed by atoms with Gasteiger partial charge in [-0.2, -0.15) is 5.26 Å². The standard InChI is InChI=1S/C9H8N2.C3H8/c10-6-7-2-1-3-9-8(7)4-5-11-9;1-3-2/h1-3,11H,4-5H2;3H2,1-2H3. The highest BCUT2D eigenvalue weighted by Crippen LogP contribution is 2.24. The lowest BCUT2D eigenvalue weighted by molar-refractivity contribution is 1.09. The van der Waals surface area contributed by atoms with E-state index in [2.05, 4.69) is 25.2 Å². The molecule has 1 heterocycles. The zero-order valence-electron chi connectivity index (χ0n) is 8.80. The van der Waals surface area contributed by atoms with Gasteiger partial charge in [0.05, 0.1) is 11.6 Å². The van der Waals surface area contributed by atoms with Gasteiger partial charge < -0.3 is 5.32 Å². The SMILES string of the molecule is CCC.N#Cc1cccc2c1CCN2. The highest BCUT2D eigenvalue weighted by molar-refractivity contribution is 5.61. The minimum Gasteiger partial charge on any atom is -0.384 e. The Labute approximate surface area is 85.6 Å². The Morgan fingerprint density at radius 3 is 2.79 bits per heavy atom. The third-order valence-electron chi connectivity index (χ3n) is 1.99. The van der Waals surface area contributed by atoms with Crippen LogP contribution in [0.5, 0.6) is 0 Å². The summed E-state index contributed by atoms with van der Waals surface area (Å²) < 4.78 is 0. The monoisotopic (exact) mass is 188 g/mol. The average Bonchev–Trinajstić information content (AvgIpc) is 2.66. The molecule has 0 fully saturated rings. The number of nitrogens with zero attached hydrogens (tertiary/aromatic N) is 1. The van der Waals surface area contributed by atoms with Gasteiger partial charge >= 0.3 is 0 Å². The van der Waals surface area contributed by atoms with Crippen LogP contribution in [0.2, 0.25) is 0 Å². The van der Waals surface area contributed by atoms with Crippen LogP contribution in [0.1, 0.15) is 31.4 Å². The predicted molar refractivity (Wildman–Crippen MR) is 59.3 cm³/mol. The molecule has 14 heavy (non-hydrogen) atoms. The number of nitriles is 1. The second kappa shape index (κ2) is 5.29. The van der Waals surface area contributed by atoms with E-state index in [0.717, 1.165) is 24.2 Å². The molecule has 1 aromatic carbocycles. The summed E-state index contributed by atoms with van der Waals surface area (Å²) in [6, 6.07) is 7.98. The van der Waals surface area contributed by atoms with Gasteiger partial charge in [0, 0.05) is 12.2 Å². The lowest BCUT2D eigenvalue weighted by Crippen LogP contribution is -1.90. The lowest BCUT2D eigenvalue weighted by Gasteiger charge is -1.98. The molecule has 2 nitrogen and oxygen atoms in total. The van der Waals surface area contributed by atoms with Gasteiger partial charge in [0.2, 0.25) is 0 Å². The third-order valence-corrected chi connectivity index (χ3v) is 1.99. The van der Waals surface area contributed by atoms with Crippen molar-refractivity contribution in [3.8, 4) is 6.07 Å². The molecule has 0 spiro atoms. The normalized spacial score (nSPS) is 11.8. The van der Waals surface area contributed by atoms with E-state index in [-0.39, 0.29) is 0 Å². The molecule has 0 bridgehead atoms. The first-order chi connectivity index (χ1) is 6.83. The van der Waals surface area contributed by atoms with Crippen molar-refractivity contribution in [3.63, 3.8) is 0 Å². The molecular weight excluding hydrogens is 172 g/mol. The van der Waals surface area contributed by atoms with Crippen LogP contribution >= 0.6 is 0 Å². The summed E-state index contributed by atoms with van der Waals surface area (Å²) in [6.45, 7) is 5.22. The van der Waals surface area contributed by atoms with E-state index < -0.39 is 0 Å². The molecule has 2 rings (SSSR count). The molecule has 74 valence electrons. The van der Waals surface area contributed by atoms with E-state index in [0.29, 0.717) is 0 Å². The third kappa shape index (κ3) is 2.26. The minimum absolute atomic E-state index is 0.812. The Bertz CT molecular complexity index is 337. The Morgan fingerprint density at radius 1 is 1.43 bits per heavy atom. The van der Waals surface area contributed by atoms with Crippen LogP contribution in [0.15, 0.2) is 18.2 Å². The Kier molecular flexibility index (Phi) is 4.00. The second-order valence-corrected chi connectivity index (χ2v) is 3.33. The van der Waals surface area contributed by atoms with Crippen molar-refractivity contribution in [2.75, 3.05) is 11.9 Å². The number of anilines is 1. The molecule has 0 atom stereocenters. The van der Waals surface area contributed by atoms with Crippen LogP contribution in [0.3, 0.4) is 0 Å². The summed E-state index contributed by atoms with van der Waals surface area (Å²) >= 11 is 0. The van der Waals surface area contributed by atoms with Gasteiger partial charge in [-0.3, -0.25) is 0 Å². The zero-order valence-corrected chi connectivity index (χ0v) is 8.80. The van der Waals surface area contributed by atoms with Gasteiger partial charge in [-0.05, 0) is 24.1 Å². The van der Waals surface area contributed by atoms with Crippen LogP contribution in [0, 0.1) is 11.3 Å². The zero-order chi connectivity index (χ0) is 10.4. The highest BCUT2D eigenvalue weighted by Gasteiger charge is 2.12. The van der Waals surface area contributed by atoms with Gasteiger partial charge in [-0.1, -0.05) is 26.3 Å². The minimum atomic E-state index is 0.812. The summed E-state index contributed by atoms with van der Waals surface area (Å²) in [4.78, 5) is 0. The van der Waals surface area contributed by atoms with Crippen molar-refractivity contribution in [2.24, 2.45) is 0 Å². The van der Waals surface area contributed by atoms with Crippen molar-refractivity contribution < 1.29 is 0 Å². The van der Waals surface area contributed by atoms with Crippen LogP contribution in [-0.2, 0) is 6.42 Å². The van der Waals surface area contributed by atoms with Crippen molar-refractivity contribution in [3.05, 3.63) is 29.3 Å². The van der Waals surface area contributed by atoms with Gasteiger partial charge in [-0.15, -0.1) is 0 Å². The van der Waals surface area contributed by atoms with E-state index >= 15 is 0 Å². The summed E-state index contributed by atoms with van der Waals surface area (Å²) in [5.74, 6) is 0. The maximum atomic E-state index is 8.72.